The fraction of sp³-hybridized carbons (Fsp3) is 0.571. The average molecular weight is 439 g/mol. The summed E-state index contributed by atoms with van der Waals surface area (Å²) in [6.07, 6.45) is 5.02. The van der Waals surface area contributed by atoms with E-state index >= 15 is 0 Å². The van der Waals surface area contributed by atoms with Gasteiger partial charge in [0.1, 0.15) is 11.0 Å². The zero-order valence-electron chi connectivity index (χ0n) is 17.7. The van der Waals surface area contributed by atoms with Crippen LogP contribution in [0.25, 0.3) is 6.08 Å². The molecule has 0 radical (unpaired) electrons. The fourth-order valence-corrected chi connectivity index (χ4v) is 5.86. The highest BCUT2D eigenvalue weighted by Crippen LogP contribution is 2.28. The number of rotatable bonds is 7. The van der Waals surface area contributed by atoms with Gasteiger partial charge in [0.05, 0.1) is 32.3 Å². The van der Waals surface area contributed by atoms with Crippen molar-refractivity contribution < 1.29 is 27.5 Å². The Hall–Kier alpha value is -1.94. The number of carbonyl (C=O) groups excluding carboxylic acids is 1. The van der Waals surface area contributed by atoms with Crippen molar-refractivity contribution in [3.05, 3.63) is 35.9 Å². The molecule has 2 fully saturated rings. The van der Waals surface area contributed by atoms with Gasteiger partial charge in [-0.25, -0.2) is 12.7 Å². The van der Waals surface area contributed by atoms with Crippen molar-refractivity contribution in [3.63, 3.8) is 0 Å². The smallest absolute Gasteiger partial charge is 0.310 e. The van der Waals surface area contributed by atoms with E-state index in [1.54, 1.807) is 26.1 Å². The van der Waals surface area contributed by atoms with Gasteiger partial charge in [0.15, 0.2) is 0 Å². The second kappa shape index (κ2) is 9.91. The van der Waals surface area contributed by atoms with E-state index in [1.807, 2.05) is 36.4 Å². The number of likely N-dealkylation sites (N-methyl/N-ethyl adjacent to an activating group) is 1. The molecule has 30 heavy (non-hydrogen) atoms. The largest absolute Gasteiger partial charge is 0.497 e. The summed E-state index contributed by atoms with van der Waals surface area (Å²) in [4.78, 5) is 17.7. The number of hydroxylamine groups is 2. The first-order valence-corrected chi connectivity index (χ1v) is 11.7. The van der Waals surface area contributed by atoms with Crippen molar-refractivity contribution in [1.29, 1.82) is 0 Å². The molecule has 0 N–H and O–H groups in total. The van der Waals surface area contributed by atoms with Crippen LogP contribution in [0.15, 0.2) is 30.3 Å². The molecule has 2 aliphatic heterocycles. The van der Waals surface area contributed by atoms with E-state index in [2.05, 4.69) is 0 Å². The molecule has 1 aromatic rings. The molecule has 9 heteroatoms. The number of hydrogen-bond donors (Lipinski definition) is 0. The highest BCUT2D eigenvalue weighted by molar-refractivity contribution is 7.89. The Morgan fingerprint density at radius 2 is 2.03 bits per heavy atom. The van der Waals surface area contributed by atoms with Crippen LogP contribution in [0.5, 0.6) is 5.75 Å². The summed E-state index contributed by atoms with van der Waals surface area (Å²) in [5.74, 6) is 0.0186. The average Bonchev–Trinajstić information content (AvgIpc) is 3.14. The Bertz CT molecular complexity index is 855. The van der Waals surface area contributed by atoms with Crippen molar-refractivity contribution >= 4 is 22.1 Å². The molecule has 0 saturated carbocycles. The second-order valence-corrected chi connectivity index (χ2v) is 9.65. The molecule has 3 atom stereocenters. The monoisotopic (exact) mass is 438 g/mol. The molecule has 2 aliphatic rings. The first kappa shape index (κ1) is 22.7. The van der Waals surface area contributed by atoms with Gasteiger partial charge in [-0.3, -0.25) is 9.63 Å². The lowest BCUT2D eigenvalue weighted by Crippen LogP contribution is -2.49. The van der Waals surface area contributed by atoms with E-state index in [4.69, 9.17) is 14.3 Å². The Morgan fingerprint density at radius 1 is 1.30 bits per heavy atom. The van der Waals surface area contributed by atoms with Gasteiger partial charge in [0.2, 0.25) is 10.0 Å². The number of nitrogens with zero attached hydrogens (tertiary/aromatic N) is 2. The van der Waals surface area contributed by atoms with Crippen molar-refractivity contribution in [2.75, 3.05) is 40.5 Å². The zero-order chi connectivity index (χ0) is 21.7. The summed E-state index contributed by atoms with van der Waals surface area (Å²) in [7, 11) is -0.311. The minimum absolute atomic E-state index is 0.0804. The summed E-state index contributed by atoms with van der Waals surface area (Å²) in [5.41, 5.74) is 0.938. The molecular formula is C21H30N2O6S. The summed E-state index contributed by atoms with van der Waals surface area (Å²) in [5, 5.41) is 0.840. The first-order valence-electron chi connectivity index (χ1n) is 10.2. The molecule has 0 spiro atoms. The lowest BCUT2D eigenvalue weighted by Gasteiger charge is -2.33. The number of hydrogen-bond acceptors (Lipinski definition) is 7. The van der Waals surface area contributed by atoms with Gasteiger partial charge in [-0.2, -0.15) is 5.06 Å². The summed E-state index contributed by atoms with van der Waals surface area (Å²) in [6, 6.07) is 7.09. The van der Waals surface area contributed by atoms with Crippen molar-refractivity contribution in [2.24, 2.45) is 5.92 Å². The van der Waals surface area contributed by atoms with E-state index in [0.717, 1.165) is 11.3 Å². The second-order valence-electron chi connectivity index (χ2n) is 7.50. The Morgan fingerprint density at radius 3 is 2.70 bits per heavy atom. The summed E-state index contributed by atoms with van der Waals surface area (Å²) in [6.45, 7) is 2.70. The number of esters is 1. The predicted octanol–water partition coefficient (Wildman–Crippen LogP) is 1.93. The number of benzene rings is 1. The molecule has 0 aliphatic carbocycles. The maximum absolute atomic E-state index is 13.4. The molecule has 3 unspecified atom stereocenters. The molecule has 2 heterocycles. The first-order chi connectivity index (χ1) is 14.4. The van der Waals surface area contributed by atoms with Crippen LogP contribution in [-0.2, 0) is 24.4 Å². The molecule has 3 rings (SSSR count). The third-order valence-corrected chi connectivity index (χ3v) is 7.82. The highest BCUT2D eigenvalue weighted by atomic mass is 32.2. The van der Waals surface area contributed by atoms with E-state index < -0.39 is 27.2 Å². The van der Waals surface area contributed by atoms with Gasteiger partial charge in [0.25, 0.3) is 0 Å². The zero-order valence-corrected chi connectivity index (χ0v) is 18.5. The SMILES string of the molecule is CCOC(=O)C1CCCN(S(=O)(=O)C2CON(C)C2/C=C/c2ccc(OC)cc2)C1. The quantitative estimate of drug-likeness (QED) is 0.601. The van der Waals surface area contributed by atoms with Crippen LogP contribution < -0.4 is 4.74 Å². The van der Waals surface area contributed by atoms with E-state index in [9.17, 15) is 13.2 Å². The lowest BCUT2D eigenvalue weighted by atomic mass is 10.0. The van der Waals surface area contributed by atoms with Crippen LogP contribution in [0.4, 0.5) is 0 Å². The molecule has 0 aromatic heterocycles. The maximum atomic E-state index is 13.4. The van der Waals surface area contributed by atoms with Crippen LogP contribution >= 0.6 is 0 Å². The van der Waals surface area contributed by atoms with Gasteiger partial charge in [-0.15, -0.1) is 0 Å². The minimum Gasteiger partial charge on any atom is -0.497 e. The molecule has 0 amide bonds. The van der Waals surface area contributed by atoms with Crippen molar-refractivity contribution in [2.45, 2.75) is 31.1 Å². The van der Waals surface area contributed by atoms with Gasteiger partial charge >= 0.3 is 5.97 Å². The summed E-state index contributed by atoms with van der Waals surface area (Å²) < 4.78 is 38.5. The van der Waals surface area contributed by atoms with Gasteiger partial charge < -0.3 is 9.47 Å². The molecular weight excluding hydrogens is 408 g/mol. The standard InChI is InChI=1S/C21H30N2O6S/c1-4-28-21(24)17-6-5-13-23(14-17)30(25,26)20-15-29-22(2)19(20)12-9-16-7-10-18(27-3)11-8-16/h7-12,17,19-20H,4-6,13-15H2,1-3H3/b12-9+. The fourth-order valence-electron chi connectivity index (χ4n) is 3.86. The van der Waals surface area contributed by atoms with Crippen molar-refractivity contribution in [1.82, 2.24) is 9.37 Å². The molecule has 166 valence electrons. The molecule has 8 nitrogen and oxygen atoms in total. The van der Waals surface area contributed by atoms with Crippen LogP contribution in [0.2, 0.25) is 0 Å². The van der Waals surface area contributed by atoms with Crippen LogP contribution in [0.1, 0.15) is 25.3 Å². The summed E-state index contributed by atoms with van der Waals surface area (Å²) >= 11 is 0. The van der Waals surface area contributed by atoms with Crippen LogP contribution in [0.3, 0.4) is 0 Å². The molecule has 1 aromatic carbocycles. The third-order valence-electron chi connectivity index (χ3n) is 5.59. The number of sulfonamides is 1. The van der Waals surface area contributed by atoms with E-state index in [1.165, 1.54) is 4.31 Å². The Labute approximate surface area is 178 Å². The van der Waals surface area contributed by atoms with Crippen LogP contribution in [0, 0.1) is 5.92 Å². The third kappa shape index (κ3) is 5.03. The predicted molar refractivity (Wildman–Crippen MR) is 113 cm³/mol. The molecule has 2 saturated heterocycles. The van der Waals surface area contributed by atoms with Crippen LogP contribution in [-0.4, -0.2) is 75.5 Å². The normalized spacial score (nSPS) is 26.2. The van der Waals surface area contributed by atoms with E-state index in [-0.39, 0.29) is 19.1 Å². The van der Waals surface area contributed by atoms with E-state index in [0.29, 0.717) is 26.0 Å². The van der Waals surface area contributed by atoms with Crippen molar-refractivity contribution in [3.8, 4) is 5.75 Å². The Kier molecular flexibility index (Phi) is 7.51. The van der Waals surface area contributed by atoms with Gasteiger partial charge in [0, 0.05) is 20.1 Å². The number of carbonyl (C=O) groups is 1. The topological polar surface area (TPSA) is 85.4 Å². The number of piperidine rings is 1. The minimum atomic E-state index is -3.65. The highest BCUT2D eigenvalue weighted by Gasteiger charge is 2.45. The molecule has 0 bridgehead atoms. The number of methoxy groups -OCH3 is 1. The Balaban J connectivity index is 1.74. The number of ether oxygens (including phenoxy) is 2. The maximum Gasteiger partial charge on any atom is 0.310 e. The van der Waals surface area contributed by atoms with Gasteiger partial charge in [-0.1, -0.05) is 24.3 Å². The van der Waals surface area contributed by atoms with Gasteiger partial charge in [-0.05, 0) is 37.5 Å². The lowest BCUT2D eigenvalue weighted by molar-refractivity contribution is -0.149.